The zero-order chi connectivity index (χ0) is 15.3. The van der Waals surface area contributed by atoms with E-state index < -0.39 is 30.7 Å². The van der Waals surface area contributed by atoms with E-state index in [0.717, 1.165) is 0 Å². The van der Waals surface area contributed by atoms with Crippen LogP contribution in [0.4, 0.5) is 9.18 Å². The molecule has 110 valence electrons. The van der Waals surface area contributed by atoms with Gasteiger partial charge in [-0.2, -0.15) is 0 Å². The smallest absolute Gasteiger partial charge is 0.334 e. The van der Waals surface area contributed by atoms with Crippen molar-refractivity contribution in [1.29, 1.82) is 0 Å². The third-order valence-electron chi connectivity index (χ3n) is 2.78. The molecule has 1 unspecified atom stereocenters. The molecule has 1 rings (SSSR count). The Morgan fingerprint density at radius 1 is 1.40 bits per heavy atom. The van der Waals surface area contributed by atoms with Crippen molar-refractivity contribution in [3.8, 4) is 0 Å². The van der Waals surface area contributed by atoms with E-state index in [1.807, 2.05) is 0 Å². The molecule has 0 saturated carbocycles. The number of aryl methyl sites for hydroxylation is 1. The van der Waals surface area contributed by atoms with Gasteiger partial charge in [0.15, 0.2) is 6.10 Å². The maximum absolute atomic E-state index is 13.4. The van der Waals surface area contributed by atoms with Gasteiger partial charge in [0.05, 0.1) is 12.6 Å². The lowest BCUT2D eigenvalue weighted by Crippen LogP contribution is -2.42. The Morgan fingerprint density at radius 2 is 2.05 bits per heavy atom. The number of aliphatic hydroxyl groups is 1. The molecule has 2 amide bonds. The van der Waals surface area contributed by atoms with Gasteiger partial charge < -0.3 is 20.8 Å². The molecule has 6 nitrogen and oxygen atoms in total. The fourth-order valence-electron chi connectivity index (χ4n) is 1.49. The summed E-state index contributed by atoms with van der Waals surface area (Å²) < 4.78 is 13.4. The summed E-state index contributed by atoms with van der Waals surface area (Å²) in [6.45, 7) is 2.89. The van der Waals surface area contributed by atoms with Crippen LogP contribution in [0.3, 0.4) is 0 Å². The summed E-state index contributed by atoms with van der Waals surface area (Å²) in [5, 5.41) is 22.2. The average molecular weight is 284 g/mol. The zero-order valence-corrected chi connectivity index (χ0v) is 11.2. The molecule has 4 N–H and O–H groups in total. The van der Waals surface area contributed by atoms with Crippen LogP contribution in [0, 0.1) is 12.7 Å². The summed E-state index contributed by atoms with van der Waals surface area (Å²) in [5.74, 6) is -1.78. The van der Waals surface area contributed by atoms with Gasteiger partial charge in [-0.05, 0) is 31.0 Å². The van der Waals surface area contributed by atoms with Gasteiger partial charge in [-0.15, -0.1) is 0 Å². The van der Waals surface area contributed by atoms with Gasteiger partial charge in [-0.3, -0.25) is 0 Å². The van der Waals surface area contributed by atoms with Crippen LogP contribution in [0.2, 0.25) is 0 Å². The maximum Gasteiger partial charge on any atom is 0.334 e. The van der Waals surface area contributed by atoms with Crippen LogP contribution >= 0.6 is 0 Å². The fourth-order valence-corrected chi connectivity index (χ4v) is 1.49. The van der Waals surface area contributed by atoms with Gasteiger partial charge in [-0.1, -0.05) is 12.1 Å². The number of nitrogens with one attached hydrogen (secondary N) is 2. The Bertz CT molecular complexity index is 507. The summed E-state index contributed by atoms with van der Waals surface area (Å²) in [6, 6.07) is 3.53. The van der Waals surface area contributed by atoms with E-state index in [1.165, 1.54) is 6.07 Å². The van der Waals surface area contributed by atoms with Crippen LogP contribution in [0.1, 0.15) is 24.1 Å². The van der Waals surface area contributed by atoms with Crippen molar-refractivity contribution < 1.29 is 24.2 Å². The SMILES string of the molecule is Cc1ccc(C(C)NC(=O)NC[C@H](O)C(=O)O)cc1F. The van der Waals surface area contributed by atoms with Crippen molar-refractivity contribution in [3.63, 3.8) is 0 Å². The van der Waals surface area contributed by atoms with Crippen molar-refractivity contribution in [2.45, 2.75) is 26.0 Å². The first-order valence-corrected chi connectivity index (χ1v) is 6.02. The quantitative estimate of drug-likeness (QED) is 0.646. The van der Waals surface area contributed by atoms with E-state index in [-0.39, 0.29) is 5.82 Å². The molecular weight excluding hydrogens is 267 g/mol. The number of hydrogen-bond donors (Lipinski definition) is 4. The number of carboxylic acids is 1. The zero-order valence-electron chi connectivity index (χ0n) is 11.2. The third kappa shape index (κ3) is 4.51. The molecule has 7 heteroatoms. The minimum absolute atomic E-state index is 0.363. The van der Waals surface area contributed by atoms with E-state index in [9.17, 15) is 14.0 Å². The van der Waals surface area contributed by atoms with Crippen LogP contribution in [-0.2, 0) is 4.79 Å². The number of aliphatic carboxylic acids is 1. The molecule has 20 heavy (non-hydrogen) atoms. The Hall–Kier alpha value is -2.15. The maximum atomic E-state index is 13.4. The molecule has 0 aliphatic heterocycles. The molecule has 0 aliphatic rings. The molecule has 0 heterocycles. The van der Waals surface area contributed by atoms with Crippen molar-refractivity contribution >= 4 is 12.0 Å². The molecule has 0 spiro atoms. The number of urea groups is 1. The second-order valence-corrected chi connectivity index (χ2v) is 4.44. The minimum atomic E-state index is -1.66. The lowest BCUT2D eigenvalue weighted by molar-refractivity contribution is -0.146. The molecule has 0 aromatic heterocycles. The van der Waals surface area contributed by atoms with Crippen molar-refractivity contribution in [2.24, 2.45) is 0 Å². The summed E-state index contributed by atoms with van der Waals surface area (Å²) in [6.07, 6.45) is -1.66. The second kappa shape index (κ2) is 6.85. The Balaban J connectivity index is 2.53. The highest BCUT2D eigenvalue weighted by Gasteiger charge is 2.15. The molecule has 0 bridgehead atoms. The largest absolute Gasteiger partial charge is 0.479 e. The number of amides is 2. The second-order valence-electron chi connectivity index (χ2n) is 4.44. The predicted molar refractivity (Wildman–Crippen MR) is 69.7 cm³/mol. The highest BCUT2D eigenvalue weighted by atomic mass is 19.1. The Labute approximate surface area is 115 Å². The Kier molecular flexibility index (Phi) is 5.45. The van der Waals surface area contributed by atoms with Gasteiger partial charge in [-0.25, -0.2) is 14.0 Å². The standard InChI is InChI=1S/C13H17FN2O4/c1-7-3-4-9(5-10(7)14)8(2)16-13(20)15-6-11(17)12(18)19/h3-5,8,11,17H,6H2,1-2H3,(H,18,19)(H2,15,16,20)/t8?,11-/m0/s1. The van der Waals surface area contributed by atoms with Crippen LogP contribution in [0.25, 0.3) is 0 Å². The minimum Gasteiger partial charge on any atom is -0.479 e. The first-order chi connectivity index (χ1) is 9.31. The number of benzene rings is 1. The Morgan fingerprint density at radius 3 is 2.60 bits per heavy atom. The van der Waals surface area contributed by atoms with E-state index in [1.54, 1.807) is 26.0 Å². The number of rotatable bonds is 5. The summed E-state index contributed by atoms with van der Waals surface area (Å²) in [5.41, 5.74) is 1.09. The third-order valence-corrected chi connectivity index (χ3v) is 2.78. The predicted octanol–water partition coefficient (Wildman–Crippen LogP) is 0.940. The molecule has 1 aromatic rings. The van der Waals surface area contributed by atoms with Crippen LogP contribution < -0.4 is 10.6 Å². The van der Waals surface area contributed by atoms with Gasteiger partial charge in [0, 0.05) is 0 Å². The molecule has 2 atom stereocenters. The van der Waals surface area contributed by atoms with E-state index >= 15 is 0 Å². The van der Waals surface area contributed by atoms with Gasteiger partial charge in [0.25, 0.3) is 0 Å². The lowest BCUT2D eigenvalue weighted by Gasteiger charge is -2.16. The first-order valence-electron chi connectivity index (χ1n) is 6.02. The van der Waals surface area contributed by atoms with Crippen molar-refractivity contribution in [2.75, 3.05) is 6.54 Å². The normalized spacial score (nSPS) is 13.4. The molecule has 0 radical (unpaired) electrons. The van der Waals surface area contributed by atoms with E-state index in [4.69, 9.17) is 10.2 Å². The monoisotopic (exact) mass is 284 g/mol. The van der Waals surface area contributed by atoms with Gasteiger partial charge >= 0.3 is 12.0 Å². The van der Waals surface area contributed by atoms with Crippen LogP contribution in [0.5, 0.6) is 0 Å². The average Bonchev–Trinajstić information content (AvgIpc) is 2.38. The fraction of sp³-hybridized carbons (Fsp3) is 0.385. The lowest BCUT2D eigenvalue weighted by atomic mass is 10.1. The number of carbonyl (C=O) groups is 2. The molecular formula is C13H17FN2O4. The molecule has 0 saturated heterocycles. The number of aliphatic hydroxyl groups excluding tert-OH is 1. The van der Waals surface area contributed by atoms with Crippen LogP contribution in [-0.4, -0.2) is 34.9 Å². The van der Waals surface area contributed by atoms with Crippen LogP contribution in [0.15, 0.2) is 18.2 Å². The highest BCUT2D eigenvalue weighted by Crippen LogP contribution is 2.15. The topological polar surface area (TPSA) is 98.7 Å². The highest BCUT2D eigenvalue weighted by molar-refractivity contribution is 5.76. The van der Waals surface area contributed by atoms with Gasteiger partial charge in [0.2, 0.25) is 0 Å². The molecule has 0 aliphatic carbocycles. The summed E-state index contributed by atoms with van der Waals surface area (Å²) in [7, 11) is 0. The van der Waals surface area contributed by atoms with E-state index in [0.29, 0.717) is 11.1 Å². The summed E-state index contributed by atoms with van der Waals surface area (Å²) >= 11 is 0. The molecule has 1 aromatic carbocycles. The van der Waals surface area contributed by atoms with E-state index in [2.05, 4.69) is 10.6 Å². The summed E-state index contributed by atoms with van der Waals surface area (Å²) in [4.78, 5) is 21.8. The van der Waals surface area contributed by atoms with Gasteiger partial charge in [0.1, 0.15) is 5.82 Å². The number of carbonyl (C=O) groups excluding carboxylic acids is 1. The van der Waals surface area contributed by atoms with Crippen molar-refractivity contribution in [1.82, 2.24) is 10.6 Å². The molecule has 0 fully saturated rings. The number of hydrogen-bond acceptors (Lipinski definition) is 3. The number of carboxylic acid groups (broad SMARTS) is 1. The first kappa shape index (κ1) is 15.9. The number of halogens is 1. The van der Waals surface area contributed by atoms with Crippen molar-refractivity contribution in [3.05, 3.63) is 35.1 Å².